The molecule has 3 atom stereocenters. The summed E-state index contributed by atoms with van der Waals surface area (Å²) in [5.41, 5.74) is 23.9. The molecule has 0 radical (unpaired) electrons. The topological polar surface area (TPSA) is 138 Å². The molecule has 0 amide bonds. The lowest BCUT2D eigenvalue weighted by atomic mass is 9.71. The predicted octanol–water partition coefficient (Wildman–Crippen LogP) is 0.163. The number of ketones is 2. The van der Waals surface area contributed by atoms with Crippen molar-refractivity contribution in [2.24, 2.45) is 28.9 Å². The van der Waals surface area contributed by atoms with Crippen LogP contribution < -0.4 is 22.9 Å². The molecule has 0 heterocycles. The van der Waals surface area contributed by atoms with Gasteiger partial charge >= 0.3 is 0 Å². The molecule has 4 rings (SSSR count). The molecule has 2 aromatic rings. The van der Waals surface area contributed by atoms with Crippen LogP contribution in [0.4, 0.5) is 0 Å². The lowest BCUT2D eigenvalue weighted by Gasteiger charge is -2.41. The van der Waals surface area contributed by atoms with Gasteiger partial charge in [-0.3, -0.25) is 9.59 Å². The molecule has 0 aliphatic heterocycles. The van der Waals surface area contributed by atoms with Gasteiger partial charge in [-0.15, -0.1) is 0 Å². The van der Waals surface area contributed by atoms with Gasteiger partial charge < -0.3 is 22.9 Å². The van der Waals surface area contributed by atoms with E-state index in [9.17, 15) is 9.59 Å². The van der Waals surface area contributed by atoms with E-state index < -0.39 is 28.9 Å². The lowest BCUT2D eigenvalue weighted by Crippen LogP contribution is -2.73. The Bertz CT molecular complexity index is 892. The first-order chi connectivity index (χ1) is 11.3. The first kappa shape index (κ1) is 15.2. The van der Waals surface area contributed by atoms with Gasteiger partial charge in [-0.1, -0.05) is 48.5 Å². The van der Waals surface area contributed by atoms with Crippen molar-refractivity contribution in [1.29, 1.82) is 0 Å². The third kappa shape index (κ3) is 1.53. The van der Waals surface area contributed by atoms with Gasteiger partial charge in [-0.05, 0) is 11.1 Å². The van der Waals surface area contributed by atoms with E-state index in [1.54, 1.807) is 48.5 Å². The second kappa shape index (κ2) is 4.58. The maximum absolute atomic E-state index is 13.1. The molecule has 6 nitrogen and oxygen atoms in total. The zero-order valence-corrected chi connectivity index (χ0v) is 12.9. The minimum atomic E-state index is -1.80. The lowest BCUT2D eigenvalue weighted by molar-refractivity contribution is 0.0613. The molecule has 8 N–H and O–H groups in total. The smallest absolute Gasteiger partial charge is 0.187 e. The van der Waals surface area contributed by atoms with Gasteiger partial charge in [0, 0.05) is 17.2 Å². The summed E-state index contributed by atoms with van der Waals surface area (Å²) >= 11 is 0. The standard InChI is InChI=1S/C18H18N4O2/c19-14-9-5-1-2-6-10(9)15(23)13(14)17(20)16(24)11-7-3-4-8-12(11)18(17,21)22/h1-8,13-14H,19-22H2. The molecule has 2 aromatic carbocycles. The number of rotatable bonds is 1. The van der Waals surface area contributed by atoms with Crippen LogP contribution in [0.1, 0.15) is 37.9 Å². The Kier molecular flexibility index (Phi) is 2.90. The van der Waals surface area contributed by atoms with Crippen LogP contribution in [0, 0.1) is 5.92 Å². The summed E-state index contributed by atoms with van der Waals surface area (Å²) < 4.78 is 0. The molecule has 3 unspecified atom stereocenters. The molecule has 0 fully saturated rings. The van der Waals surface area contributed by atoms with Crippen molar-refractivity contribution < 1.29 is 9.59 Å². The summed E-state index contributed by atoms with van der Waals surface area (Å²) in [6.07, 6.45) is 0. The van der Waals surface area contributed by atoms with Crippen molar-refractivity contribution in [3.05, 3.63) is 70.8 Å². The summed E-state index contributed by atoms with van der Waals surface area (Å²) in [6, 6.07) is 13.0. The Balaban J connectivity index is 1.92. The summed E-state index contributed by atoms with van der Waals surface area (Å²) in [5.74, 6) is -1.74. The highest BCUT2D eigenvalue weighted by molar-refractivity contribution is 6.15. The first-order valence-corrected chi connectivity index (χ1v) is 7.71. The molecule has 2 aliphatic rings. The van der Waals surface area contributed by atoms with Gasteiger partial charge in [0.15, 0.2) is 11.6 Å². The van der Waals surface area contributed by atoms with Gasteiger partial charge in [-0.25, -0.2) is 0 Å². The molecule has 24 heavy (non-hydrogen) atoms. The Morgan fingerprint density at radius 3 is 2.04 bits per heavy atom. The van der Waals surface area contributed by atoms with E-state index >= 15 is 0 Å². The molecule has 6 heteroatoms. The fourth-order valence-electron chi connectivity index (χ4n) is 4.09. The number of fused-ring (bicyclic) bond motifs is 2. The average Bonchev–Trinajstić information content (AvgIpc) is 2.92. The number of hydrogen-bond acceptors (Lipinski definition) is 6. The number of hydrogen-bond donors (Lipinski definition) is 4. The van der Waals surface area contributed by atoms with Crippen LogP contribution in [-0.4, -0.2) is 17.1 Å². The highest BCUT2D eigenvalue weighted by Crippen LogP contribution is 2.49. The van der Waals surface area contributed by atoms with Gasteiger partial charge in [0.05, 0.1) is 5.92 Å². The van der Waals surface area contributed by atoms with Crippen molar-refractivity contribution in [2.45, 2.75) is 17.2 Å². The van der Waals surface area contributed by atoms with Crippen molar-refractivity contribution in [2.75, 3.05) is 0 Å². The zero-order valence-electron chi connectivity index (χ0n) is 12.9. The molecular weight excluding hydrogens is 304 g/mol. The Morgan fingerprint density at radius 2 is 1.42 bits per heavy atom. The predicted molar refractivity (Wildman–Crippen MR) is 88.9 cm³/mol. The van der Waals surface area contributed by atoms with Crippen molar-refractivity contribution in [3.63, 3.8) is 0 Å². The normalized spacial score (nSPS) is 30.3. The van der Waals surface area contributed by atoms with Crippen molar-refractivity contribution >= 4 is 11.6 Å². The maximum atomic E-state index is 13.1. The highest BCUT2D eigenvalue weighted by atomic mass is 16.1. The minimum Gasteiger partial charge on any atom is -0.323 e. The summed E-state index contributed by atoms with van der Waals surface area (Å²) in [5, 5.41) is 0. The molecule has 2 aliphatic carbocycles. The fourth-order valence-corrected chi connectivity index (χ4v) is 4.09. The third-order valence-electron chi connectivity index (χ3n) is 5.40. The monoisotopic (exact) mass is 322 g/mol. The largest absolute Gasteiger partial charge is 0.323 e. The van der Waals surface area contributed by atoms with Crippen molar-refractivity contribution in [3.8, 4) is 0 Å². The van der Waals surface area contributed by atoms with E-state index in [0.29, 0.717) is 22.3 Å². The van der Waals surface area contributed by atoms with Gasteiger partial charge in [0.2, 0.25) is 0 Å². The Hall–Kier alpha value is -2.38. The fraction of sp³-hybridized carbons (Fsp3) is 0.222. The van der Waals surface area contributed by atoms with Crippen LogP contribution >= 0.6 is 0 Å². The van der Waals surface area contributed by atoms with E-state index in [1.807, 2.05) is 0 Å². The van der Waals surface area contributed by atoms with E-state index in [1.165, 1.54) is 0 Å². The Labute approximate surface area is 138 Å². The van der Waals surface area contributed by atoms with E-state index in [4.69, 9.17) is 22.9 Å². The van der Waals surface area contributed by atoms with Crippen molar-refractivity contribution in [1.82, 2.24) is 0 Å². The van der Waals surface area contributed by atoms with Crippen LogP contribution in [0.5, 0.6) is 0 Å². The second-order valence-electron chi connectivity index (χ2n) is 6.57. The summed E-state index contributed by atoms with van der Waals surface area (Å²) in [4.78, 5) is 26.0. The summed E-state index contributed by atoms with van der Waals surface area (Å²) in [6.45, 7) is 0. The quantitative estimate of drug-likeness (QED) is 0.552. The van der Waals surface area contributed by atoms with Gasteiger partial charge in [0.25, 0.3) is 0 Å². The van der Waals surface area contributed by atoms with E-state index in [0.717, 1.165) is 0 Å². The minimum absolute atomic E-state index is 0.290. The number of nitrogens with two attached hydrogens (primary N) is 4. The van der Waals surface area contributed by atoms with Crippen LogP contribution in [0.2, 0.25) is 0 Å². The number of benzene rings is 2. The third-order valence-corrected chi connectivity index (χ3v) is 5.40. The van der Waals surface area contributed by atoms with Crippen LogP contribution in [0.15, 0.2) is 48.5 Å². The molecule has 0 aromatic heterocycles. The molecule has 0 saturated carbocycles. The highest BCUT2D eigenvalue weighted by Gasteiger charge is 2.66. The van der Waals surface area contributed by atoms with Crippen LogP contribution in [0.25, 0.3) is 0 Å². The van der Waals surface area contributed by atoms with Crippen LogP contribution in [0.3, 0.4) is 0 Å². The average molecular weight is 322 g/mol. The second-order valence-corrected chi connectivity index (χ2v) is 6.57. The maximum Gasteiger partial charge on any atom is 0.187 e. The van der Waals surface area contributed by atoms with Crippen LogP contribution in [-0.2, 0) is 5.66 Å². The van der Waals surface area contributed by atoms with Gasteiger partial charge in [-0.2, -0.15) is 0 Å². The van der Waals surface area contributed by atoms with E-state index in [-0.39, 0.29) is 5.78 Å². The molecule has 0 spiro atoms. The summed E-state index contributed by atoms with van der Waals surface area (Å²) in [7, 11) is 0. The SMILES string of the molecule is NC1c2ccccc2C(=O)C1C1(N)C(=O)c2ccccc2C1(N)N. The van der Waals surface area contributed by atoms with E-state index in [2.05, 4.69) is 0 Å². The molecular formula is C18H18N4O2. The molecule has 122 valence electrons. The Morgan fingerprint density at radius 1 is 0.833 bits per heavy atom. The van der Waals surface area contributed by atoms with Gasteiger partial charge in [0.1, 0.15) is 11.2 Å². The molecule has 0 saturated heterocycles. The number of carbonyl (C=O) groups is 2. The molecule has 0 bridgehead atoms. The number of carbonyl (C=O) groups excluding carboxylic acids is 2. The zero-order chi connectivity index (χ0) is 17.3. The first-order valence-electron chi connectivity index (χ1n) is 7.71. The number of Topliss-reactive ketones (excluding diaryl/α,β-unsaturated/α-hetero) is 2.